The van der Waals surface area contributed by atoms with Gasteiger partial charge in [-0.2, -0.15) is 0 Å². The van der Waals surface area contributed by atoms with Gasteiger partial charge < -0.3 is 5.41 Å². The molecule has 0 aromatic carbocycles. The maximum absolute atomic E-state index is 13.5. The van der Waals surface area contributed by atoms with Crippen LogP contribution >= 0.6 is 15.9 Å². The number of nitrogens with one attached hydrogen (secondary N) is 1. The third kappa shape index (κ3) is 4.28. The maximum atomic E-state index is 13.5. The summed E-state index contributed by atoms with van der Waals surface area (Å²) in [5.41, 5.74) is 1.84. The molecule has 0 radical (unpaired) electrons. The Labute approximate surface area is 145 Å². The standard InChI is InChI=1S/C19H24BrF2N/c1-4-17(23)10-13(7-12(2)3)14-8-15(11-16(20)9-14)19(5-6-19)18(21)22/h4,9,11,13,15,18,23H,1-2,5-8,10H2,3H3. The summed E-state index contributed by atoms with van der Waals surface area (Å²) in [6.07, 6.45) is 6.49. The highest BCUT2D eigenvalue weighted by Gasteiger charge is 2.56. The molecule has 2 aliphatic carbocycles. The molecule has 126 valence electrons. The lowest BCUT2D eigenvalue weighted by Crippen LogP contribution is -2.26. The summed E-state index contributed by atoms with van der Waals surface area (Å²) < 4.78 is 27.8. The van der Waals surface area contributed by atoms with Gasteiger partial charge in [0.15, 0.2) is 0 Å². The van der Waals surface area contributed by atoms with Gasteiger partial charge in [-0.1, -0.05) is 39.7 Å². The van der Waals surface area contributed by atoms with Crippen LogP contribution in [-0.2, 0) is 0 Å². The van der Waals surface area contributed by atoms with E-state index in [4.69, 9.17) is 5.41 Å². The van der Waals surface area contributed by atoms with Crippen molar-refractivity contribution in [3.63, 3.8) is 0 Å². The fraction of sp³-hybridized carbons (Fsp3) is 0.526. The molecule has 0 spiro atoms. The van der Waals surface area contributed by atoms with E-state index in [2.05, 4.69) is 29.1 Å². The molecule has 2 unspecified atom stereocenters. The zero-order valence-electron chi connectivity index (χ0n) is 13.5. The van der Waals surface area contributed by atoms with E-state index in [1.165, 1.54) is 0 Å². The van der Waals surface area contributed by atoms with Gasteiger partial charge in [0.2, 0.25) is 6.43 Å². The molecule has 2 aliphatic rings. The average Bonchev–Trinajstić information content (AvgIpc) is 3.27. The molecule has 1 N–H and O–H groups in total. The first-order valence-electron chi connectivity index (χ1n) is 7.98. The molecule has 4 heteroatoms. The van der Waals surface area contributed by atoms with Gasteiger partial charge in [-0.15, -0.1) is 6.58 Å². The van der Waals surface area contributed by atoms with E-state index in [-0.39, 0.29) is 11.8 Å². The predicted octanol–water partition coefficient (Wildman–Crippen LogP) is 6.44. The largest absolute Gasteiger partial charge is 0.305 e. The quantitative estimate of drug-likeness (QED) is 0.368. The molecule has 1 fully saturated rings. The van der Waals surface area contributed by atoms with Crippen LogP contribution in [0.15, 0.2) is 47.0 Å². The van der Waals surface area contributed by atoms with Crippen molar-refractivity contribution in [2.45, 2.75) is 45.5 Å². The molecular formula is C19H24BrF2N. The van der Waals surface area contributed by atoms with Crippen LogP contribution in [-0.4, -0.2) is 12.1 Å². The first-order valence-corrected chi connectivity index (χ1v) is 8.78. The molecule has 0 bridgehead atoms. The normalized spacial score (nSPS) is 23.8. The Hall–Kier alpha value is -1.03. The fourth-order valence-electron chi connectivity index (χ4n) is 3.44. The topological polar surface area (TPSA) is 23.9 Å². The molecular weight excluding hydrogens is 360 g/mol. The minimum absolute atomic E-state index is 0.123. The van der Waals surface area contributed by atoms with E-state index in [9.17, 15) is 8.78 Å². The van der Waals surface area contributed by atoms with Crippen molar-refractivity contribution in [1.29, 1.82) is 5.41 Å². The fourth-order valence-corrected chi connectivity index (χ4v) is 4.06. The molecule has 0 saturated heterocycles. The summed E-state index contributed by atoms with van der Waals surface area (Å²) >= 11 is 3.50. The Kier molecular flexibility index (Phi) is 5.77. The van der Waals surface area contributed by atoms with Gasteiger partial charge in [0, 0.05) is 15.6 Å². The van der Waals surface area contributed by atoms with Gasteiger partial charge >= 0.3 is 0 Å². The van der Waals surface area contributed by atoms with Crippen molar-refractivity contribution in [1.82, 2.24) is 0 Å². The van der Waals surface area contributed by atoms with Gasteiger partial charge in [-0.3, -0.25) is 0 Å². The highest BCUT2D eigenvalue weighted by molar-refractivity contribution is 9.11. The Morgan fingerprint density at radius 2 is 2.13 bits per heavy atom. The lowest BCUT2D eigenvalue weighted by atomic mass is 9.75. The summed E-state index contributed by atoms with van der Waals surface area (Å²) in [6, 6.07) is 0. The van der Waals surface area contributed by atoms with Crippen LogP contribution in [0.5, 0.6) is 0 Å². The van der Waals surface area contributed by atoms with Gasteiger partial charge in [-0.25, -0.2) is 8.78 Å². The average molecular weight is 384 g/mol. The van der Waals surface area contributed by atoms with Crippen LogP contribution in [0.2, 0.25) is 0 Å². The molecule has 1 saturated carbocycles. The molecule has 1 nitrogen and oxygen atoms in total. The highest BCUT2D eigenvalue weighted by Crippen LogP contribution is 2.60. The van der Waals surface area contributed by atoms with E-state index < -0.39 is 11.8 Å². The van der Waals surface area contributed by atoms with E-state index in [0.717, 1.165) is 22.0 Å². The Morgan fingerprint density at radius 1 is 1.48 bits per heavy atom. The number of halogens is 3. The molecule has 0 aliphatic heterocycles. The molecule has 0 aromatic rings. The number of alkyl halides is 2. The number of allylic oxidation sites excluding steroid dienone is 6. The zero-order valence-corrected chi connectivity index (χ0v) is 15.1. The van der Waals surface area contributed by atoms with Gasteiger partial charge in [0.25, 0.3) is 0 Å². The molecule has 2 atom stereocenters. The van der Waals surface area contributed by atoms with Gasteiger partial charge in [0.05, 0.1) is 0 Å². The van der Waals surface area contributed by atoms with Crippen LogP contribution in [0.1, 0.15) is 39.0 Å². The van der Waals surface area contributed by atoms with Crippen LogP contribution in [0.4, 0.5) is 8.78 Å². The van der Waals surface area contributed by atoms with Crippen molar-refractivity contribution in [3.05, 3.63) is 47.0 Å². The molecule has 0 aromatic heterocycles. The second-order valence-electron chi connectivity index (χ2n) is 6.91. The molecule has 2 rings (SSSR count). The van der Waals surface area contributed by atoms with Gasteiger partial charge in [0.1, 0.15) is 0 Å². The molecule has 23 heavy (non-hydrogen) atoms. The predicted molar refractivity (Wildman–Crippen MR) is 96.3 cm³/mol. The van der Waals surface area contributed by atoms with Crippen LogP contribution in [0, 0.1) is 22.7 Å². The van der Waals surface area contributed by atoms with Crippen LogP contribution < -0.4 is 0 Å². The summed E-state index contributed by atoms with van der Waals surface area (Å²) in [5, 5.41) is 7.91. The van der Waals surface area contributed by atoms with Crippen molar-refractivity contribution < 1.29 is 8.78 Å². The highest BCUT2D eigenvalue weighted by atomic mass is 79.9. The van der Waals surface area contributed by atoms with E-state index >= 15 is 0 Å². The van der Waals surface area contributed by atoms with Crippen molar-refractivity contribution in [2.75, 3.05) is 0 Å². The SMILES string of the molecule is C=CC(=N)CC(CC(=C)C)C1=CC(Br)=CC(C2(C(F)F)CC2)C1. The molecule has 0 heterocycles. The lowest BCUT2D eigenvalue weighted by Gasteiger charge is -2.31. The number of hydrogen-bond donors (Lipinski definition) is 1. The monoisotopic (exact) mass is 383 g/mol. The van der Waals surface area contributed by atoms with E-state index in [1.54, 1.807) is 6.08 Å². The second kappa shape index (κ2) is 7.25. The Bertz CT molecular complexity index is 570. The summed E-state index contributed by atoms with van der Waals surface area (Å²) in [4.78, 5) is 0. The van der Waals surface area contributed by atoms with E-state index in [0.29, 0.717) is 31.4 Å². The van der Waals surface area contributed by atoms with Gasteiger partial charge in [-0.05, 0) is 63.0 Å². The minimum Gasteiger partial charge on any atom is -0.305 e. The Balaban J connectivity index is 2.22. The zero-order chi connectivity index (χ0) is 17.2. The Morgan fingerprint density at radius 3 is 2.61 bits per heavy atom. The maximum Gasteiger partial charge on any atom is 0.244 e. The summed E-state index contributed by atoms with van der Waals surface area (Å²) in [6.45, 7) is 9.60. The number of hydrogen-bond acceptors (Lipinski definition) is 1. The smallest absolute Gasteiger partial charge is 0.244 e. The third-order valence-electron chi connectivity index (χ3n) is 4.97. The minimum atomic E-state index is -2.27. The first-order chi connectivity index (χ1) is 10.8. The first kappa shape index (κ1) is 18.3. The van der Waals surface area contributed by atoms with Crippen LogP contribution in [0.25, 0.3) is 0 Å². The lowest BCUT2D eigenvalue weighted by molar-refractivity contribution is 0.0361. The van der Waals surface area contributed by atoms with Crippen molar-refractivity contribution >= 4 is 21.6 Å². The summed E-state index contributed by atoms with van der Waals surface area (Å²) in [5.74, 6) is 0.0117. The summed E-state index contributed by atoms with van der Waals surface area (Å²) in [7, 11) is 0. The molecule has 0 amide bonds. The van der Waals surface area contributed by atoms with Crippen molar-refractivity contribution in [3.8, 4) is 0 Å². The third-order valence-corrected chi connectivity index (χ3v) is 5.46. The van der Waals surface area contributed by atoms with E-state index in [1.807, 2.05) is 19.1 Å². The van der Waals surface area contributed by atoms with Crippen molar-refractivity contribution in [2.24, 2.45) is 17.3 Å². The van der Waals surface area contributed by atoms with Crippen LogP contribution in [0.3, 0.4) is 0 Å². The number of rotatable bonds is 8. The second-order valence-corrected chi connectivity index (χ2v) is 7.82.